The normalized spacial score (nSPS) is 10.3. The zero-order chi connectivity index (χ0) is 14.8. The molecule has 0 aliphatic heterocycles. The van der Waals surface area contributed by atoms with Crippen molar-refractivity contribution in [2.75, 3.05) is 36.7 Å². The van der Waals surface area contributed by atoms with Crippen molar-refractivity contribution in [3.05, 3.63) is 23.8 Å². The van der Waals surface area contributed by atoms with Gasteiger partial charge in [-0.25, -0.2) is 0 Å². The van der Waals surface area contributed by atoms with Gasteiger partial charge in [0.1, 0.15) is 0 Å². The van der Waals surface area contributed by atoms with E-state index in [0.29, 0.717) is 11.3 Å². The van der Waals surface area contributed by atoms with Gasteiger partial charge in [-0.05, 0) is 43.0 Å². The molecule has 4 N–H and O–H groups in total. The van der Waals surface area contributed by atoms with Crippen LogP contribution in [0.5, 0.6) is 0 Å². The Morgan fingerprint density at radius 2 is 2.00 bits per heavy atom. The summed E-state index contributed by atoms with van der Waals surface area (Å²) in [6.07, 6.45) is 7.05. The number of nitrogens with one attached hydrogen (secondary N) is 2. The van der Waals surface area contributed by atoms with Crippen molar-refractivity contribution < 1.29 is 4.79 Å². The highest BCUT2D eigenvalue weighted by Gasteiger charge is 2.06. The molecule has 0 bridgehead atoms. The van der Waals surface area contributed by atoms with Crippen molar-refractivity contribution in [2.24, 2.45) is 0 Å². The molecule has 0 aromatic heterocycles. The summed E-state index contributed by atoms with van der Waals surface area (Å²) in [7, 11) is 1.63. The second-order valence-corrected chi connectivity index (χ2v) is 5.70. The van der Waals surface area contributed by atoms with Crippen LogP contribution in [0.15, 0.2) is 18.2 Å². The average Bonchev–Trinajstić information content (AvgIpc) is 2.47. The van der Waals surface area contributed by atoms with Crippen molar-refractivity contribution in [3.8, 4) is 0 Å². The fourth-order valence-electron chi connectivity index (χ4n) is 1.94. The van der Waals surface area contributed by atoms with E-state index in [9.17, 15) is 4.79 Å². The predicted molar refractivity (Wildman–Crippen MR) is 89.6 cm³/mol. The largest absolute Gasteiger partial charge is 0.397 e. The van der Waals surface area contributed by atoms with Crippen molar-refractivity contribution >= 4 is 29.0 Å². The third kappa shape index (κ3) is 5.74. The van der Waals surface area contributed by atoms with Gasteiger partial charge in [-0.1, -0.05) is 12.8 Å². The number of nitrogens with two attached hydrogens (primary N) is 1. The van der Waals surface area contributed by atoms with E-state index in [-0.39, 0.29) is 5.91 Å². The Hall–Kier alpha value is -1.36. The van der Waals surface area contributed by atoms with E-state index in [0.717, 1.165) is 18.7 Å². The Morgan fingerprint density at radius 3 is 2.70 bits per heavy atom. The van der Waals surface area contributed by atoms with Gasteiger partial charge >= 0.3 is 0 Å². The Morgan fingerprint density at radius 1 is 1.25 bits per heavy atom. The molecule has 0 heterocycles. The lowest BCUT2D eigenvalue weighted by atomic mass is 10.1. The predicted octanol–water partition coefficient (Wildman–Crippen LogP) is 2.96. The molecule has 0 radical (unpaired) electrons. The van der Waals surface area contributed by atoms with Gasteiger partial charge in [0.2, 0.25) is 0 Å². The van der Waals surface area contributed by atoms with Crippen molar-refractivity contribution in [3.63, 3.8) is 0 Å². The van der Waals surface area contributed by atoms with Gasteiger partial charge in [0, 0.05) is 19.2 Å². The minimum atomic E-state index is -0.0925. The van der Waals surface area contributed by atoms with Crippen LogP contribution in [0.3, 0.4) is 0 Å². The molecule has 0 saturated carbocycles. The van der Waals surface area contributed by atoms with Crippen LogP contribution < -0.4 is 16.4 Å². The maximum atomic E-state index is 11.6. The van der Waals surface area contributed by atoms with Crippen LogP contribution >= 0.6 is 11.8 Å². The van der Waals surface area contributed by atoms with Gasteiger partial charge in [0.05, 0.1) is 11.4 Å². The molecule has 5 heteroatoms. The highest BCUT2D eigenvalue weighted by Crippen LogP contribution is 2.20. The topological polar surface area (TPSA) is 67.2 Å². The first-order chi connectivity index (χ1) is 9.69. The lowest BCUT2D eigenvalue weighted by Gasteiger charge is -2.11. The number of hydrogen-bond donors (Lipinski definition) is 3. The zero-order valence-electron chi connectivity index (χ0n) is 12.4. The van der Waals surface area contributed by atoms with E-state index in [1.54, 1.807) is 19.2 Å². The first-order valence-electron chi connectivity index (χ1n) is 7.03. The molecule has 0 aliphatic carbocycles. The summed E-state index contributed by atoms with van der Waals surface area (Å²) in [4.78, 5) is 11.6. The van der Waals surface area contributed by atoms with E-state index >= 15 is 0 Å². The molecule has 1 rings (SSSR count). The minimum Gasteiger partial charge on any atom is -0.397 e. The molecular formula is C15H25N3OS. The third-order valence-corrected chi connectivity index (χ3v) is 3.83. The highest BCUT2D eigenvalue weighted by atomic mass is 32.2. The van der Waals surface area contributed by atoms with Gasteiger partial charge in [-0.15, -0.1) is 0 Å². The number of benzene rings is 1. The van der Waals surface area contributed by atoms with Crippen LogP contribution in [0, 0.1) is 0 Å². The Kier molecular flexibility index (Phi) is 7.95. The number of hydrogen-bond acceptors (Lipinski definition) is 4. The molecule has 0 atom stereocenters. The van der Waals surface area contributed by atoms with Gasteiger partial charge in [-0.3, -0.25) is 4.79 Å². The molecule has 112 valence electrons. The summed E-state index contributed by atoms with van der Waals surface area (Å²) in [5.41, 5.74) is 8.07. The summed E-state index contributed by atoms with van der Waals surface area (Å²) in [5.74, 6) is 1.15. The van der Waals surface area contributed by atoms with Crippen LogP contribution in [0.4, 0.5) is 11.4 Å². The number of rotatable bonds is 9. The number of unbranched alkanes of at least 4 members (excludes halogenated alkanes) is 3. The first-order valence-corrected chi connectivity index (χ1v) is 8.43. The monoisotopic (exact) mass is 295 g/mol. The number of carbonyl (C=O) groups excluding carboxylic acids is 1. The standard InChI is InChI=1S/C15H25N3OS/c1-17-15(19)12-7-8-13(16)14(11-12)18-9-5-3-4-6-10-20-2/h7-8,11,18H,3-6,9-10,16H2,1-2H3,(H,17,19). The van der Waals surface area contributed by atoms with Gasteiger partial charge < -0.3 is 16.4 Å². The summed E-state index contributed by atoms with van der Waals surface area (Å²) in [5, 5.41) is 5.93. The number of nitrogen functional groups attached to an aromatic ring is 1. The maximum Gasteiger partial charge on any atom is 0.251 e. The smallest absolute Gasteiger partial charge is 0.251 e. The lowest BCUT2D eigenvalue weighted by molar-refractivity contribution is 0.0963. The molecule has 1 aromatic carbocycles. The Balaban J connectivity index is 2.37. The Bertz CT molecular complexity index is 424. The fraction of sp³-hybridized carbons (Fsp3) is 0.533. The second-order valence-electron chi connectivity index (χ2n) is 4.71. The number of thioether (sulfide) groups is 1. The first kappa shape index (κ1) is 16.7. The lowest BCUT2D eigenvalue weighted by Crippen LogP contribution is -2.18. The molecule has 0 aliphatic rings. The molecule has 1 amide bonds. The number of amides is 1. The molecule has 1 aromatic rings. The molecule has 0 saturated heterocycles. The van der Waals surface area contributed by atoms with Crippen molar-refractivity contribution in [1.82, 2.24) is 5.32 Å². The maximum absolute atomic E-state index is 11.6. The van der Waals surface area contributed by atoms with Gasteiger partial charge in [0.25, 0.3) is 5.91 Å². The van der Waals surface area contributed by atoms with E-state index in [2.05, 4.69) is 16.9 Å². The SMILES string of the molecule is CNC(=O)c1ccc(N)c(NCCCCCCSC)c1. The van der Waals surface area contributed by atoms with E-state index in [1.807, 2.05) is 17.8 Å². The van der Waals surface area contributed by atoms with Crippen LogP contribution in [-0.2, 0) is 0 Å². The average molecular weight is 295 g/mol. The number of carbonyl (C=O) groups is 1. The molecular weight excluding hydrogens is 270 g/mol. The summed E-state index contributed by atoms with van der Waals surface area (Å²) < 4.78 is 0. The third-order valence-electron chi connectivity index (χ3n) is 3.13. The zero-order valence-corrected chi connectivity index (χ0v) is 13.2. The molecule has 20 heavy (non-hydrogen) atoms. The van der Waals surface area contributed by atoms with Crippen LogP contribution in [0.1, 0.15) is 36.0 Å². The highest BCUT2D eigenvalue weighted by molar-refractivity contribution is 7.98. The van der Waals surface area contributed by atoms with Crippen molar-refractivity contribution in [2.45, 2.75) is 25.7 Å². The molecule has 0 unspecified atom stereocenters. The quantitative estimate of drug-likeness (QED) is 0.484. The van der Waals surface area contributed by atoms with E-state index in [1.165, 1.54) is 25.0 Å². The Labute approximate surface area is 125 Å². The number of anilines is 2. The fourth-order valence-corrected chi connectivity index (χ4v) is 2.44. The van der Waals surface area contributed by atoms with Crippen LogP contribution in [-0.4, -0.2) is 31.5 Å². The summed E-state index contributed by atoms with van der Waals surface area (Å²) in [6, 6.07) is 5.31. The van der Waals surface area contributed by atoms with Gasteiger partial charge in [-0.2, -0.15) is 11.8 Å². The molecule has 0 spiro atoms. The van der Waals surface area contributed by atoms with E-state index in [4.69, 9.17) is 5.73 Å². The summed E-state index contributed by atoms with van der Waals surface area (Å²) >= 11 is 1.90. The minimum absolute atomic E-state index is 0.0925. The molecule has 0 fully saturated rings. The van der Waals surface area contributed by atoms with Crippen LogP contribution in [0.25, 0.3) is 0 Å². The summed E-state index contributed by atoms with van der Waals surface area (Å²) in [6.45, 7) is 0.890. The van der Waals surface area contributed by atoms with Crippen LogP contribution in [0.2, 0.25) is 0 Å². The second kappa shape index (κ2) is 9.53. The van der Waals surface area contributed by atoms with Gasteiger partial charge in [0.15, 0.2) is 0 Å². The molecule has 4 nitrogen and oxygen atoms in total. The van der Waals surface area contributed by atoms with Crippen molar-refractivity contribution in [1.29, 1.82) is 0 Å². The van der Waals surface area contributed by atoms with E-state index < -0.39 is 0 Å².